The number of rotatable bonds is 7. The number of pyridine rings is 1. The van der Waals surface area contributed by atoms with Gasteiger partial charge in [-0.25, -0.2) is 9.67 Å². The van der Waals surface area contributed by atoms with Gasteiger partial charge < -0.3 is 5.32 Å². The van der Waals surface area contributed by atoms with E-state index in [1.165, 1.54) is 30.2 Å². The molecule has 0 aromatic carbocycles. The second-order valence-electron chi connectivity index (χ2n) is 4.92. The first-order valence-corrected chi connectivity index (χ1v) is 7.80. The molecule has 0 bridgehead atoms. The third-order valence-corrected chi connectivity index (χ3v) is 4.01. The molecule has 0 atom stereocenters. The van der Waals surface area contributed by atoms with Crippen LogP contribution in [0.2, 0.25) is 0 Å². The van der Waals surface area contributed by atoms with E-state index in [-0.39, 0.29) is 0 Å². The van der Waals surface area contributed by atoms with Gasteiger partial charge in [-0.2, -0.15) is 0 Å². The summed E-state index contributed by atoms with van der Waals surface area (Å²) < 4.78 is 1.91. The van der Waals surface area contributed by atoms with E-state index < -0.39 is 0 Å². The van der Waals surface area contributed by atoms with Crippen LogP contribution in [-0.2, 0) is 6.54 Å². The molecule has 3 rings (SSSR count). The Bertz CT molecular complexity index is 548. The Hall–Kier alpha value is -1.47. The average molecular weight is 290 g/mol. The molecule has 20 heavy (non-hydrogen) atoms. The van der Waals surface area contributed by atoms with Crippen molar-refractivity contribution in [1.82, 2.24) is 30.5 Å². The lowest BCUT2D eigenvalue weighted by Crippen LogP contribution is -2.13. The van der Waals surface area contributed by atoms with Crippen LogP contribution in [0.1, 0.15) is 37.8 Å². The van der Waals surface area contributed by atoms with Gasteiger partial charge in [-0.1, -0.05) is 13.0 Å². The maximum Gasteiger partial charge on any atom is 0.215 e. The highest BCUT2D eigenvalue weighted by Crippen LogP contribution is 2.37. The van der Waals surface area contributed by atoms with E-state index in [4.69, 9.17) is 0 Å². The largest absolute Gasteiger partial charge is 0.313 e. The van der Waals surface area contributed by atoms with Crippen molar-refractivity contribution in [2.24, 2.45) is 0 Å². The van der Waals surface area contributed by atoms with Crippen LogP contribution in [0.25, 0.3) is 0 Å². The number of nitrogens with zero attached hydrogens (tertiary/aromatic N) is 5. The summed E-state index contributed by atoms with van der Waals surface area (Å²) in [5, 5.41) is 17.0. The zero-order chi connectivity index (χ0) is 13.8. The maximum absolute atomic E-state index is 4.47. The van der Waals surface area contributed by atoms with Gasteiger partial charge in [0.1, 0.15) is 5.03 Å². The highest BCUT2D eigenvalue weighted by molar-refractivity contribution is 7.99. The molecule has 2 aromatic heterocycles. The summed E-state index contributed by atoms with van der Waals surface area (Å²) in [6.07, 6.45) is 5.41. The molecule has 0 radical (unpaired) electrons. The molecular formula is C13H18N6S. The average Bonchev–Trinajstić information content (AvgIpc) is 3.21. The van der Waals surface area contributed by atoms with Gasteiger partial charge in [0.15, 0.2) is 0 Å². The van der Waals surface area contributed by atoms with Crippen molar-refractivity contribution in [3.63, 3.8) is 0 Å². The monoisotopic (exact) mass is 290 g/mol. The summed E-state index contributed by atoms with van der Waals surface area (Å²) in [6.45, 7) is 4.06. The predicted molar refractivity (Wildman–Crippen MR) is 76.4 cm³/mol. The molecule has 1 aliphatic rings. The zero-order valence-electron chi connectivity index (χ0n) is 11.5. The minimum Gasteiger partial charge on any atom is -0.313 e. The van der Waals surface area contributed by atoms with Crippen LogP contribution in [0.5, 0.6) is 0 Å². The Morgan fingerprint density at radius 1 is 1.40 bits per heavy atom. The van der Waals surface area contributed by atoms with Crippen LogP contribution < -0.4 is 5.32 Å². The second kappa shape index (κ2) is 6.32. The third-order valence-electron chi connectivity index (χ3n) is 3.10. The summed E-state index contributed by atoms with van der Waals surface area (Å²) in [7, 11) is 0. The van der Waals surface area contributed by atoms with Crippen molar-refractivity contribution >= 4 is 11.8 Å². The molecule has 0 saturated heterocycles. The van der Waals surface area contributed by atoms with E-state index in [1.807, 2.05) is 16.9 Å². The lowest BCUT2D eigenvalue weighted by Gasteiger charge is -2.04. The number of hydrogen-bond acceptors (Lipinski definition) is 6. The SMILES string of the molecule is CCCNCc1ccc(Sc2nnnn2C2CC2)nc1. The Morgan fingerprint density at radius 3 is 3.00 bits per heavy atom. The lowest BCUT2D eigenvalue weighted by atomic mass is 10.3. The molecule has 106 valence electrons. The zero-order valence-corrected chi connectivity index (χ0v) is 12.3. The van der Waals surface area contributed by atoms with Gasteiger partial charge >= 0.3 is 0 Å². The van der Waals surface area contributed by atoms with Crippen molar-refractivity contribution in [3.8, 4) is 0 Å². The van der Waals surface area contributed by atoms with Crippen LogP contribution >= 0.6 is 11.8 Å². The molecule has 0 aliphatic heterocycles. The van der Waals surface area contributed by atoms with E-state index in [1.54, 1.807) is 0 Å². The van der Waals surface area contributed by atoms with E-state index in [0.29, 0.717) is 6.04 Å². The summed E-state index contributed by atoms with van der Waals surface area (Å²) in [6, 6.07) is 4.62. The normalized spacial score (nSPS) is 14.7. The Morgan fingerprint density at radius 2 is 2.30 bits per heavy atom. The van der Waals surface area contributed by atoms with Gasteiger partial charge in [-0.05, 0) is 59.6 Å². The van der Waals surface area contributed by atoms with E-state index in [0.717, 1.165) is 29.7 Å². The molecule has 2 aromatic rings. The molecule has 6 nitrogen and oxygen atoms in total. The van der Waals surface area contributed by atoms with Crippen LogP contribution in [0.15, 0.2) is 28.5 Å². The highest BCUT2D eigenvalue weighted by atomic mass is 32.2. The third kappa shape index (κ3) is 3.34. The lowest BCUT2D eigenvalue weighted by molar-refractivity contribution is 0.565. The quantitative estimate of drug-likeness (QED) is 0.787. The summed E-state index contributed by atoms with van der Waals surface area (Å²) in [4.78, 5) is 4.47. The van der Waals surface area contributed by atoms with E-state index in [9.17, 15) is 0 Å². The van der Waals surface area contributed by atoms with Crippen molar-refractivity contribution in [2.75, 3.05) is 6.54 Å². The number of nitrogens with one attached hydrogen (secondary N) is 1. The smallest absolute Gasteiger partial charge is 0.215 e. The van der Waals surface area contributed by atoms with Gasteiger partial charge in [0.2, 0.25) is 5.16 Å². The fourth-order valence-corrected chi connectivity index (χ4v) is 2.66. The predicted octanol–water partition coefficient (Wildman–Crippen LogP) is 2.05. The molecule has 0 spiro atoms. The molecule has 0 amide bonds. The first-order chi connectivity index (χ1) is 9.86. The summed E-state index contributed by atoms with van der Waals surface area (Å²) in [5.74, 6) is 0. The standard InChI is InChI=1S/C13H18N6S/c1-2-7-14-8-10-3-6-12(15-9-10)20-13-16-17-18-19(13)11-4-5-11/h3,6,9,11,14H,2,4-5,7-8H2,1H3. The topological polar surface area (TPSA) is 68.5 Å². The second-order valence-corrected chi connectivity index (χ2v) is 5.91. The number of aromatic nitrogens is 5. The fraction of sp³-hybridized carbons (Fsp3) is 0.538. The van der Waals surface area contributed by atoms with Crippen LogP contribution in [0, 0.1) is 0 Å². The van der Waals surface area contributed by atoms with Gasteiger partial charge in [0, 0.05) is 12.7 Å². The molecule has 0 unspecified atom stereocenters. The van der Waals surface area contributed by atoms with Crippen molar-refractivity contribution in [3.05, 3.63) is 23.9 Å². The first-order valence-electron chi connectivity index (χ1n) is 6.98. The van der Waals surface area contributed by atoms with Gasteiger partial charge in [0.05, 0.1) is 6.04 Å². The van der Waals surface area contributed by atoms with Crippen molar-refractivity contribution in [2.45, 2.75) is 49.0 Å². The van der Waals surface area contributed by atoms with E-state index in [2.05, 4.69) is 38.8 Å². The van der Waals surface area contributed by atoms with Gasteiger partial charge in [-0.15, -0.1) is 5.10 Å². The number of tetrazole rings is 1. The number of hydrogen-bond donors (Lipinski definition) is 1. The van der Waals surface area contributed by atoms with Crippen molar-refractivity contribution < 1.29 is 0 Å². The Kier molecular flexibility index (Phi) is 4.27. The van der Waals surface area contributed by atoms with Crippen LogP contribution in [-0.4, -0.2) is 31.7 Å². The van der Waals surface area contributed by atoms with Crippen LogP contribution in [0.3, 0.4) is 0 Å². The summed E-state index contributed by atoms with van der Waals surface area (Å²) in [5.41, 5.74) is 1.20. The highest BCUT2D eigenvalue weighted by Gasteiger charge is 2.28. The van der Waals surface area contributed by atoms with Gasteiger partial charge in [-0.3, -0.25) is 0 Å². The molecule has 1 saturated carbocycles. The molecule has 7 heteroatoms. The molecule has 2 heterocycles. The summed E-state index contributed by atoms with van der Waals surface area (Å²) >= 11 is 1.52. The Labute approximate surface area is 122 Å². The minimum atomic E-state index is 0.491. The molecule has 1 fully saturated rings. The molecule has 1 N–H and O–H groups in total. The fourth-order valence-electron chi connectivity index (χ4n) is 1.88. The van der Waals surface area contributed by atoms with Crippen molar-refractivity contribution in [1.29, 1.82) is 0 Å². The molecule has 1 aliphatic carbocycles. The Balaban J connectivity index is 1.61. The maximum atomic E-state index is 4.47. The minimum absolute atomic E-state index is 0.491. The van der Waals surface area contributed by atoms with Gasteiger partial charge in [0.25, 0.3) is 0 Å². The van der Waals surface area contributed by atoms with E-state index >= 15 is 0 Å². The molecular weight excluding hydrogens is 272 g/mol. The van der Waals surface area contributed by atoms with Crippen LogP contribution in [0.4, 0.5) is 0 Å². The first kappa shape index (κ1) is 13.5.